The maximum Gasteiger partial charge on any atom is 0.306 e. The smallest absolute Gasteiger partial charge is 0.306 e. The third-order valence-corrected chi connectivity index (χ3v) is 2.65. The van der Waals surface area contributed by atoms with Crippen molar-refractivity contribution in [2.24, 2.45) is 5.92 Å². The van der Waals surface area contributed by atoms with Gasteiger partial charge in [-0.25, -0.2) is 4.39 Å². The normalized spacial score (nSPS) is 12.2. The lowest BCUT2D eigenvalue weighted by atomic mass is 10.1. The van der Waals surface area contributed by atoms with Crippen LogP contribution in [0, 0.1) is 11.7 Å². The van der Waals surface area contributed by atoms with Crippen LogP contribution in [0.2, 0.25) is 5.02 Å². The molecule has 0 aromatic heterocycles. The number of carboxylic acid groups (broad SMARTS) is 1. The molecule has 0 saturated heterocycles. The fourth-order valence-corrected chi connectivity index (χ4v) is 1.51. The number of carbonyl (C=O) groups is 1. The molecule has 1 aromatic carbocycles. The molecule has 5 heteroatoms. The van der Waals surface area contributed by atoms with Crippen LogP contribution in [0.15, 0.2) is 18.2 Å². The zero-order chi connectivity index (χ0) is 12.8. The molecule has 17 heavy (non-hydrogen) atoms. The third kappa shape index (κ3) is 4.61. The molecular formula is C12H14ClFO3. The maximum absolute atomic E-state index is 12.7. The van der Waals surface area contributed by atoms with Gasteiger partial charge in [-0.05, 0) is 31.0 Å². The van der Waals surface area contributed by atoms with Crippen LogP contribution < -0.4 is 4.74 Å². The number of aliphatic carboxylic acids is 1. The largest absolute Gasteiger partial charge is 0.492 e. The molecule has 0 aliphatic rings. The third-order valence-electron chi connectivity index (χ3n) is 2.35. The standard InChI is InChI=1S/C12H14ClFO3/c1-8(12(15)16)3-2-6-17-11-5-4-9(14)7-10(11)13/h4-5,7-8H,2-3,6H2,1H3,(H,15,16). The summed E-state index contributed by atoms with van der Waals surface area (Å²) in [6, 6.07) is 3.90. The SMILES string of the molecule is CC(CCCOc1ccc(F)cc1Cl)C(=O)O. The summed E-state index contributed by atoms with van der Waals surface area (Å²) < 4.78 is 18.1. The first-order valence-electron chi connectivity index (χ1n) is 5.31. The lowest BCUT2D eigenvalue weighted by Crippen LogP contribution is -2.10. The first-order valence-corrected chi connectivity index (χ1v) is 5.69. The Morgan fingerprint density at radius 3 is 2.88 bits per heavy atom. The predicted molar refractivity (Wildman–Crippen MR) is 62.9 cm³/mol. The predicted octanol–water partition coefficient (Wildman–Crippen LogP) is 3.36. The molecule has 0 aliphatic carbocycles. The van der Waals surface area contributed by atoms with Crippen LogP contribution in [-0.4, -0.2) is 17.7 Å². The van der Waals surface area contributed by atoms with Crippen LogP contribution in [0.1, 0.15) is 19.8 Å². The van der Waals surface area contributed by atoms with Crippen molar-refractivity contribution in [3.8, 4) is 5.75 Å². The van der Waals surface area contributed by atoms with Crippen molar-refractivity contribution < 1.29 is 19.0 Å². The highest BCUT2D eigenvalue weighted by atomic mass is 35.5. The van der Waals surface area contributed by atoms with E-state index >= 15 is 0 Å². The van der Waals surface area contributed by atoms with Gasteiger partial charge in [-0.3, -0.25) is 4.79 Å². The highest BCUT2D eigenvalue weighted by Gasteiger charge is 2.10. The first-order chi connectivity index (χ1) is 8.00. The van der Waals surface area contributed by atoms with Crippen molar-refractivity contribution in [1.82, 2.24) is 0 Å². The van der Waals surface area contributed by atoms with Gasteiger partial charge in [0.2, 0.25) is 0 Å². The van der Waals surface area contributed by atoms with Crippen LogP contribution >= 0.6 is 11.6 Å². The minimum absolute atomic E-state index is 0.219. The lowest BCUT2D eigenvalue weighted by molar-refractivity contribution is -0.141. The minimum atomic E-state index is -0.815. The van der Waals surface area contributed by atoms with E-state index in [4.69, 9.17) is 21.4 Å². The summed E-state index contributed by atoms with van der Waals surface area (Å²) >= 11 is 5.76. The number of carboxylic acids is 1. The van der Waals surface area contributed by atoms with E-state index in [0.717, 1.165) is 0 Å². The molecule has 0 saturated carbocycles. The van der Waals surface area contributed by atoms with Crippen molar-refractivity contribution in [2.75, 3.05) is 6.61 Å². The second kappa shape index (κ2) is 6.45. The molecule has 0 fully saturated rings. The summed E-state index contributed by atoms with van der Waals surface area (Å²) in [6.45, 7) is 2.01. The minimum Gasteiger partial charge on any atom is -0.492 e. The summed E-state index contributed by atoms with van der Waals surface area (Å²) in [7, 11) is 0. The Kier molecular flexibility index (Phi) is 5.22. The Morgan fingerprint density at radius 1 is 1.59 bits per heavy atom. The Bertz CT molecular complexity index is 395. The first kappa shape index (κ1) is 13.8. The number of hydrogen-bond acceptors (Lipinski definition) is 2. The van der Waals surface area contributed by atoms with E-state index in [1.54, 1.807) is 6.92 Å². The van der Waals surface area contributed by atoms with Gasteiger partial charge in [-0.15, -0.1) is 0 Å². The van der Waals surface area contributed by atoms with Crippen molar-refractivity contribution in [3.05, 3.63) is 29.0 Å². The van der Waals surface area contributed by atoms with Crippen LogP contribution in [0.3, 0.4) is 0 Å². The van der Waals surface area contributed by atoms with E-state index in [1.165, 1.54) is 18.2 Å². The number of benzene rings is 1. The molecular weight excluding hydrogens is 247 g/mol. The lowest BCUT2D eigenvalue weighted by Gasteiger charge is -2.09. The molecule has 0 aliphatic heterocycles. The second-order valence-electron chi connectivity index (χ2n) is 3.80. The van der Waals surface area contributed by atoms with Gasteiger partial charge in [-0.2, -0.15) is 0 Å². The molecule has 0 spiro atoms. The average Bonchev–Trinajstić information content (AvgIpc) is 2.26. The van der Waals surface area contributed by atoms with Crippen molar-refractivity contribution in [1.29, 1.82) is 0 Å². The average molecular weight is 261 g/mol. The molecule has 1 rings (SSSR count). The van der Waals surface area contributed by atoms with E-state index in [1.807, 2.05) is 0 Å². The van der Waals surface area contributed by atoms with E-state index in [0.29, 0.717) is 25.2 Å². The molecule has 0 heterocycles. The summed E-state index contributed by atoms with van der Waals surface area (Å²) in [5.41, 5.74) is 0. The van der Waals surface area contributed by atoms with Crippen molar-refractivity contribution in [3.63, 3.8) is 0 Å². The molecule has 1 N–H and O–H groups in total. The molecule has 0 bridgehead atoms. The summed E-state index contributed by atoms with van der Waals surface area (Å²) in [5.74, 6) is -1.20. The van der Waals surface area contributed by atoms with Crippen LogP contribution in [0.25, 0.3) is 0 Å². The highest BCUT2D eigenvalue weighted by molar-refractivity contribution is 6.32. The Labute approximate surface area is 104 Å². The van der Waals surface area contributed by atoms with E-state index in [9.17, 15) is 9.18 Å². The van der Waals surface area contributed by atoms with Gasteiger partial charge in [0.05, 0.1) is 17.5 Å². The topological polar surface area (TPSA) is 46.5 Å². The van der Waals surface area contributed by atoms with Gasteiger partial charge in [0, 0.05) is 0 Å². The van der Waals surface area contributed by atoms with E-state index in [-0.39, 0.29) is 10.9 Å². The van der Waals surface area contributed by atoms with Crippen LogP contribution in [0.4, 0.5) is 4.39 Å². The molecule has 94 valence electrons. The number of hydrogen-bond donors (Lipinski definition) is 1. The molecule has 0 radical (unpaired) electrons. The molecule has 1 aromatic rings. The number of ether oxygens (including phenoxy) is 1. The van der Waals surface area contributed by atoms with E-state index in [2.05, 4.69) is 0 Å². The zero-order valence-corrected chi connectivity index (χ0v) is 10.2. The fourth-order valence-electron chi connectivity index (χ4n) is 1.29. The van der Waals surface area contributed by atoms with Crippen molar-refractivity contribution >= 4 is 17.6 Å². The van der Waals surface area contributed by atoms with Crippen LogP contribution in [-0.2, 0) is 4.79 Å². The molecule has 1 unspecified atom stereocenters. The summed E-state index contributed by atoms with van der Waals surface area (Å²) in [6.07, 6.45) is 1.15. The monoisotopic (exact) mass is 260 g/mol. The zero-order valence-electron chi connectivity index (χ0n) is 9.45. The molecule has 1 atom stereocenters. The van der Waals surface area contributed by atoms with Gasteiger partial charge >= 0.3 is 5.97 Å². The summed E-state index contributed by atoms with van der Waals surface area (Å²) in [5, 5.41) is 8.89. The Hall–Kier alpha value is -1.29. The molecule has 0 amide bonds. The summed E-state index contributed by atoms with van der Waals surface area (Å²) in [4.78, 5) is 10.6. The molecule has 3 nitrogen and oxygen atoms in total. The van der Waals surface area contributed by atoms with Gasteiger partial charge in [0.25, 0.3) is 0 Å². The number of rotatable bonds is 6. The highest BCUT2D eigenvalue weighted by Crippen LogP contribution is 2.25. The Morgan fingerprint density at radius 2 is 2.29 bits per heavy atom. The van der Waals surface area contributed by atoms with Crippen LogP contribution in [0.5, 0.6) is 5.75 Å². The Balaban J connectivity index is 2.34. The number of halogens is 2. The van der Waals surface area contributed by atoms with Gasteiger partial charge < -0.3 is 9.84 Å². The van der Waals surface area contributed by atoms with Crippen molar-refractivity contribution in [2.45, 2.75) is 19.8 Å². The maximum atomic E-state index is 12.7. The quantitative estimate of drug-likeness (QED) is 0.798. The van der Waals surface area contributed by atoms with Gasteiger partial charge in [0.15, 0.2) is 0 Å². The second-order valence-corrected chi connectivity index (χ2v) is 4.21. The van der Waals surface area contributed by atoms with Gasteiger partial charge in [0.1, 0.15) is 11.6 Å². The van der Waals surface area contributed by atoms with Gasteiger partial charge in [-0.1, -0.05) is 18.5 Å². The van der Waals surface area contributed by atoms with E-state index < -0.39 is 11.8 Å². The fraction of sp³-hybridized carbons (Fsp3) is 0.417.